The van der Waals surface area contributed by atoms with Gasteiger partial charge in [0.1, 0.15) is 6.29 Å². The monoisotopic (exact) mass is 284 g/mol. The Bertz CT molecular complexity index is 490. The van der Waals surface area contributed by atoms with Crippen LogP contribution in [0.2, 0.25) is 0 Å². The summed E-state index contributed by atoms with van der Waals surface area (Å²) in [6.07, 6.45) is 19.3. The number of carbonyl (C=O) groups excluding carboxylic acids is 1. The highest BCUT2D eigenvalue weighted by molar-refractivity contribution is 5.72. The molecular formula is C20H28O. The molecule has 0 amide bonds. The molecule has 0 rings (SSSR count). The lowest BCUT2D eigenvalue weighted by molar-refractivity contribution is -0.104. The van der Waals surface area contributed by atoms with Gasteiger partial charge >= 0.3 is 0 Å². The first-order chi connectivity index (χ1) is 9.95. The van der Waals surface area contributed by atoms with Crippen LogP contribution in [0.4, 0.5) is 0 Å². The van der Waals surface area contributed by atoms with Gasteiger partial charge in [-0.05, 0) is 53.0 Å². The Kier molecular flexibility index (Phi) is 10.8. The molecule has 0 aromatic carbocycles. The van der Waals surface area contributed by atoms with Crippen molar-refractivity contribution in [1.82, 2.24) is 0 Å². The van der Waals surface area contributed by atoms with Gasteiger partial charge in [0.2, 0.25) is 0 Å². The van der Waals surface area contributed by atoms with E-state index in [9.17, 15) is 4.79 Å². The molecule has 0 aliphatic carbocycles. The van der Waals surface area contributed by atoms with Crippen molar-refractivity contribution in [2.24, 2.45) is 0 Å². The third-order valence-electron chi connectivity index (χ3n) is 2.85. The van der Waals surface area contributed by atoms with Gasteiger partial charge in [-0.2, -0.15) is 0 Å². The van der Waals surface area contributed by atoms with Crippen LogP contribution in [-0.2, 0) is 4.79 Å². The third kappa shape index (κ3) is 12.9. The van der Waals surface area contributed by atoms with Crippen LogP contribution < -0.4 is 0 Å². The predicted octanol–water partition coefficient (Wildman–Crippen LogP) is 5.88. The molecule has 1 nitrogen and oxygen atoms in total. The molecular weight excluding hydrogens is 256 g/mol. The SMILES string of the molecule is CC(C)=CCCC(C)=CC=CC(C)=CC=CC=C(C)C=O. The molecule has 0 aliphatic rings. The molecule has 0 saturated carbocycles. The van der Waals surface area contributed by atoms with Crippen LogP contribution in [0.25, 0.3) is 0 Å². The fourth-order valence-corrected chi connectivity index (χ4v) is 1.55. The lowest BCUT2D eigenvalue weighted by atomic mass is 10.1. The van der Waals surface area contributed by atoms with Crippen molar-refractivity contribution in [2.75, 3.05) is 0 Å². The second kappa shape index (κ2) is 11.9. The Morgan fingerprint density at radius 2 is 1.43 bits per heavy atom. The number of hydrogen-bond donors (Lipinski definition) is 0. The largest absolute Gasteiger partial charge is 0.298 e. The summed E-state index contributed by atoms with van der Waals surface area (Å²) in [4.78, 5) is 10.4. The zero-order valence-corrected chi connectivity index (χ0v) is 14.0. The maximum absolute atomic E-state index is 10.4. The van der Waals surface area contributed by atoms with Gasteiger partial charge in [0.15, 0.2) is 0 Å². The summed E-state index contributed by atoms with van der Waals surface area (Å²) < 4.78 is 0. The lowest BCUT2D eigenvalue weighted by Gasteiger charge is -1.96. The molecule has 0 aromatic rings. The predicted molar refractivity (Wildman–Crippen MR) is 94.3 cm³/mol. The number of allylic oxidation sites excluding steroid dienone is 12. The minimum absolute atomic E-state index is 0.725. The summed E-state index contributed by atoms with van der Waals surface area (Å²) in [6.45, 7) is 10.3. The first kappa shape index (κ1) is 19.1. The summed E-state index contributed by atoms with van der Waals surface area (Å²) in [6, 6.07) is 0. The van der Waals surface area contributed by atoms with E-state index in [1.54, 1.807) is 13.0 Å². The van der Waals surface area contributed by atoms with Crippen molar-refractivity contribution >= 4 is 6.29 Å². The van der Waals surface area contributed by atoms with E-state index >= 15 is 0 Å². The van der Waals surface area contributed by atoms with Crippen LogP contribution in [0, 0.1) is 0 Å². The quantitative estimate of drug-likeness (QED) is 0.235. The maximum Gasteiger partial charge on any atom is 0.145 e. The smallest absolute Gasteiger partial charge is 0.145 e. The van der Waals surface area contributed by atoms with Gasteiger partial charge in [-0.25, -0.2) is 0 Å². The van der Waals surface area contributed by atoms with Crippen molar-refractivity contribution in [1.29, 1.82) is 0 Å². The highest BCUT2D eigenvalue weighted by Gasteiger charge is 1.87. The van der Waals surface area contributed by atoms with Crippen molar-refractivity contribution in [3.8, 4) is 0 Å². The molecule has 21 heavy (non-hydrogen) atoms. The fourth-order valence-electron chi connectivity index (χ4n) is 1.55. The first-order valence-electron chi connectivity index (χ1n) is 7.40. The molecule has 0 heterocycles. The molecule has 0 radical (unpaired) electrons. The van der Waals surface area contributed by atoms with E-state index in [-0.39, 0.29) is 0 Å². The minimum Gasteiger partial charge on any atom is -0.298 e. The Balaban J connectivity index is 4.33. The van der Waals surface area contributed by atoms with E-state index < -0.39 is 0 Å². The van der Waals surface area contributed by atoms with Gasteiger partial charge in [-0.3, -0.25) is 4.79 Å². The number of carbonyl (C=O) groups is 1. The van der Waals surface area contributed by atoms with E-state index in [2.05, 4.69) is 52.0 Å². The van der Waals surface area contributed by atoms with Gasteiger partial charge in [0.05, 0.1) is 0 Å². The molecule has 0 fully saturated rings. The van der Waals surface area contributed by atoms with Crippen LogP contribution in [0.5, 0.6) is 0 Å². The van der Waals surface area contributed by atoms with E-state index in [1.165, 1.54) is 16.7 Å². The minimum atomic E-state index is 0.725. The molecule has 114 valence electrons. The first-order valence-corrected chi connectivity index (χ1v) is 7.40. The molecule has 0 spiro atoms. The van der Waals surface area contributed by atoms with Crippen molar-refractivity contribution in [3.05, 3.63) is 70.9 Å². The van der Waals surface area contributed by atoms with Crippen molar-refractivity contribution < 1.29 is 4.79 Å². The summed E-state index contributed by atoms with van der Waals surface area (Å²) in [7, 11) is 0. The zero-order valence-electron chi connectivity index (χ0n) is 14.0. The molecule has 0 aliphatic heterocycles. The van der Waals surface area contributed by atoms with Crippen LogP contribution in [0.1, 0.15) is 47.5 Å². The van der Waals surface area contributed by atoms with Gasteiger partial charge in [0.25, 0.3) is 0 Å². The molecule has 0 N–H and O–H groups in total. The van der Waals surface area contributed by atoms with Crippen LogP contribution in [0.15, 0.2) is 70.9 Å². The molecule has 0 saturated heterocycles. The molecule has 0 bridgehead atoms. The van der Waals surface area contributed by atoms with Gasteiger partial charge < -0.3 is 0 Å². The Morgan fingerprint density at radius 1 is 0.810 bits per heavy atom. The standard InChI is InChI=1S/C20H28O/c1-17(2)10-8-13-19(4)15-9-14-18(3)11-6-7-12-20(5)16-21/h6-7,9-12,14-16H,8,13H2,1-5H3. The second-order valence-corrected chi connectivity index (χ2v) is 5.52. The Morgan fingerprint density at radius 3 is 2.00 bits per heavy atom. The van der Waals surface area contributed by atoms with Crippen LogP contribution >= 0.6 is 0 Å². The molecule has 0 aromatic heterocycles. The summed E-state index contributed by atoms with van der Waals surface area (Å²) in [5.74, 6) is 0. The van der Waals surface area contributed by atoms with Gasteiger partial charge in [-0.15, -0.1) is 0 Å². The van der Waals surface area contributed by atoms with Crippen molar-refractivity contribution in [2.45, 2.75) is 47.5 Å². The maximum atomic E-state index is 10.4. The van der Waals surface area contributed by atoms with E-state index in [1.807, 2.05) is 18.2 Å². The van der Waals surface area contributed by atoms with E-state index in [0.717, 1.165) is 24.7 Å². The Labute approximate surface area is 130 Å². The Hall–Kier alpha value is -1.89. The highest BCUT2D eigenvalue weighted by Crippen LogP contribution is 2.07. The summed E-state index contributed by atoms with van der Waals surface area (Å²) >= 11 is 0. The normalized spacial score (nSPS) is 14.0. The average molecular weight is 284 g/mol. The zero-order chi connectivity index (χ0) is 16.1. The third-order valence-corrected chi connectivity index (χ3v) is 2.85. The van der Waals surface area contributed by atoms with E-state index in [4.69, 9.17) is 0 Å². The fraction of sp³-hybridized carbons (Fsp3) is 0.350. The van der Waals surface area contributed by atoms with Gasteiger partial charge in [-0.1, -0.05) is 65.3 Å². The topological polar surface area (TPSA) is 17.1 Å². The second-order valence-electron chi connectivity index (χ2n) is 5.52. The molecule has 1 heteroatoms. The highest BCUT2D eigenvalue weighted by atomic mass is 16.1. The van der Waals surface area contributed by atoms with Crippen molar-refractivity contribution in [3.63, 3.8) is 0 Å². The summed E-state index contributed by atoms with van der Waals surface area (Å²) in [5.41, 5.74) is 4.67. The van der Waals surface area contributed by atoms with Crippen LogP contribution in [-0.4, -0.2) is 6.29 Å². The molecule has 0 unspecified atom stereocenters. The number of hydrogen-bond acceptors (Lipinski definition) is 1. The average Bonchev–Trinajstić information content (AvgIpc) is 2.42. The lowest BCUT2D eigenvalue weighted by Crippen LogP contribution is -1.76. The van der Waals surface area contributed by atoms with Crippen LogP contribution in [0.3, 0.4) is 0 Å². The number of aldehydes is 1. The van der Waals surface area contributed by atoms with Gasteiger partial charge in [0, 0.05) is 0 Å². The summed E-state index contributed by atoms with van der Waals surface area (Å²) in [5, 5.41) is 0. The van der Waals surface area contributed by atoms with E-state index in [0.29, 0.717) is 0 Å². The number of rotatable bonds is 8. The molecule has 0 atom stereocenters.